The van der Waals surface area contributed by atoms with Crippen LogP contribution in [0.3, 0.4) is 0 Å². The highest BCUT2D eigenvalue weighted by Gasteiger charge is 2.32. The lowest BCUT2D eigenvalue weighted by Gasteiger charge is -2.24. The Hall–Kier alpha value is -0.490. The zero-order chi connectivity index (χ0) is 13.5. The lowest BCUT2D eigenvalue weighted by Crippen LogP contribution is -2.40. The van der Waals surface area contributed by atoms with Crippen LogP contribution in [-0.2, 0) is 4.79 Å². The van der Waals surface area contributed by atoms with Crippen LogP contribution in [0.15, 0.2) is 0 Å². The molecule has 2 N–H and O–H groups in total. The van der Waals surface area contributed by atoms with Crippen LogP contribution in [0, 0.1) is 0 Å². The normalized spacial score (nSPS) is 12.8. The average Bonchev–Trinajstić information content (AvgIpc) is 2.19. The van der Waals surface area contributed by atoms with Crippen LogP contribution in [0.2, 0.25) is 0 Å². The van der Waals surface area contributed by atoms with Crippen molar-refractivity contribution in [3.8, 4) is 0 Å². The second-order valence-corrected chi connectivity index (χ2v) is 4.30. The lowest BCUT2D eigenvalue weighted by molar-refractivity contribution is -0.161. The highest BCUT2D eigenvalue weighted by atomic mass is 35.5. The van der Waals surface area contributed by atoms with Crippen molar-refractivity contribution in [1.82, 2.24) is 4.90 Å². The summed E-state index contributed by atoms with van der Waals surface area (Å²) in [5.41, 5.74) is 5.48. The first-order chi connectivity index (χ1) is 7.76. The van der Waals surface area contributed by atoms with E-state index in [4.69, 9.17) is 5.73 Å². The number of unbranched alkanes of at least 4 members (excludes halogenated alkanes) is 1. The van der Waals surface area contributed by atoms with Crippen LogP contribution in [0.1, 0.15) is 39.5 Å². The molecule has 7 heteroatoms. The fourth-order valence-corrected chi connectivity index (χ4v) is 1.37. The van der Waals surface area contributed by atoms with Gasteiger partial charge in [0.25, 0.3) is 0 Å². The van der Waals surface area contributed by atoms with Crippen molar-refractivity contribution < 1.29 is 18.0 Å². The minimum atomic E-state index is -4.34. The van der Waals surface area contributed by atoms with Crippen LogP contribution >= 0.6 is 12.4 Å². The van der Waals surface area contributed by atoms with E-state index >= 15 is 0 Å². The predicted molar refractivity (Wildman–Crippen MR) is 67.7 cm³/mol. The van der Waals surface area contributed by atoms with Crippen LogP contribution in [0.25, 0.3) is 0 Å². The van der Waals surface area contributed by atoms with Gasteiger partial charge >= 0.3 is 6.18 Å². The Morgan fingerprint density at radius 1 is 1.39 bits per heavy atom. The van der Waals surface area contributed by atoms with E-state index in [1.807, 2.05) is 6.92 Å². The fraction of sp³-hybridized carbons (Fsp3) is 0.909. The number of rotatable bonds is 7. The molecule has 1 atom stereocenters. The third kappa shape index (κ3) is 10.7. The molecular formula is C11H22ClF3N2O. The maximum atomic E-state index is 12.3. The fourth-order valence-electron chi connectivity index (χ4n) is 1.37. The van der Waals surface area contributed by atoms with Gasteiger partial charge in [0.05, 0.1) is 0 Å². The highest BCUT2D eigenvalue weighted by molar-refractivity contribution is 5.85. The van der Waals surface area contributed by atoms with Gasteiger partial charge in [-0.1, -0.05) is 13.3 Å². The largest absolute Gasteiger partial charge is 0.406 e. The number of carbonyl (C=O) groups is 1. The summed E-state index contributed by atoms with van der Waals surface area (Å²) < 4.78 is 36.8. The topological polar surface area (TPSA) is 46.3 Å². The highest BCUT2D eigenvalue weighted by Crippen LogP contribution is 2.17. The van der Waals surface area contributed by atoms with Crippen molar-refractivity contribution in [3.63, 3.8) is 0 Å². The van der Waals surface area contributed by atoms with Crippen molar-refractivity contribution in [2.45, 2.75) is 51.7 Å². The number of amides is 1. The maximum Gasteiger partial charge on any atom is 0.406 e. The Morgan fingerprint density at radius 3 is 2.33 bits per heavy atom. The standard InChI is InChI=1S/C11H21F3N2O.ClH/c1-3-4-7-16(8-11(12,13)14)10(17)6-5-9(2)15;/h9H,3-8,15H2,1-2H3;1H. The summed E-state index contributed by atoms with van der Waals surface area (Å²) in [4.78, 5) is 12.5. The van der Waals surface area contributed by atoms with E-state index in [1.165, 1.54) is 0 Å². The van der Waals surface area contributed by atoms with Crippen LogP contribution in [-0.4, -0.2) is 36.1 Å². The number of carbonyl (C=O) groups excluding carboxylic acids is 1. The molecule has 0 spiro atoms. The Balaban J connectivity index is 0. The van der Waals surface area contributed by atoms with Crippen LogP contribution in [0.5, 0.6) is 0 Å². The number of nitrogens with zero attached hydrogens (tertiary/aromatic N) is 1. The van der Waals surface area contributed by atoms with E-state index in [-0.39, 0.29) is 31.4 Å². The summed E-state index contributed by atoms with van der Waals surface area (Å²) in [6.45, 7) is 2.60. The van der Waals surface area contributed by atoms with Gasteiger partial charge in [0.1, 0.15) is 6.54 Å². The van der Waals surface area contributed by atoms with Gasteiger partial charge in [-0.25, -0.2) is 0 Å². The Bertz CT molecular complexity index is 235. The summed E-state index contributed by atoms with van der Waals surface area (Å²) in [7, 11) is 0. The molecule has 0 aromatic carbocycles. The van der Waals surface area contributed by atoms with Gasteiger partial charge in [-0.3, -0.25) is 4.79 Å². The molecule has 0 saturated heterocycles. The monoisotopic (exact) mass is 290 g/mol. The van der Waals surface area contributed by atoms with E-state index in [1.54, 1.807) is 6.92 Å². The number of alkyl halides is 3. The Labute approximate surface area is 112 Å². The Kier molecular flexibility index (Phi) is 10.4. The molecule has 0 fully saturated rings. The molecule has 0 saturated carbocycles. The van der Waals surface area contributed by atoms with Gasteiger partial charge in [0.15, 0.2) is 0 Å². The van der Waals surface area contributed by atoms with Crippen LogP contribution in [0.4, 0.5) is 13.2 Å². The molecule has 0 bridgehead atoms. The molecule has 0 radical (unpaired) electrons. The maximum absolute atomic E-state index is 12.3. The van der Waals surface area contributed by atoms with Crippen molar-refractivity contribution in [2.24, 2.45) is 5.73 Å². The number of nitrogens with two attached hydrogens (primary N) is 1. The molecule has 3 nitrogen and oxygen atoms in total. The summed E-state index contributed by atoms with van der Waals surface area (Å²) in [6.07, 6.45) is -2.50. The number of hydrogen-bond donors (Lipinski definition) is 1. The van der Waals surface area contributed by atoms with Crippen molar-refractivity contribution in [3.05, 3.63) is 0 Å². The summed E-state index contributed by atoms with van der Waals surface area (Å²) in [6, 6.07) is -0.169. The molecule has 18 heavy (non-hydrogen) atoms. The SMILES string of the molecule is CCCCN(CC(F)(F)F)C(=O)CCC(C)N.Cl. The molecule has 0 rings (SSSR count). The molecule has 0 aliphatic carbocycles. The summed E-state index contributed by atoms with van der Waals surface area (Å²) in [5.74, 6) is -0.465. The third-order valence-electron chi connectivity index (χ3n) is 2.32. The molecule has 0 heterocycles. The Morgan fingerprint density at radius 2 is 1.94 bits per heavy atom. The van der Waals surface area contributed by atoms with Crippen molar-refractivity contribution in [2.75, 3.05) is 13.1 Å². The van der Waals surface area contributed by atoms with Gasteiger partial charge in [-0.15, -0.1) is 12.4 Å². The molecule has 0 aromatic heterocycles. The quantitative estimate of drug-likeness (QED) is 0.784. The summed E-state index contributed by atoms with van der Waals surface area (Å²) in [5, 5.41) is 0. The van der Waals surface area contributed by atoms with E-state index < -0.39 is 18.6 Å². The molecule has 1 amide bonds. The first-order valence-corrected chi connectivity index (χ1v) is 5.86. The smallest absolute Gasteiger partial charge is 0.334 e. The first kappa shape index (κ1) is 19.8. The molecule has 0 aliphatic rings. The van der Waals surface area contributed by atoms with E-state index in [0.29, 0.717) is 12.8 Å². The number of halogens is 4. The minimum absolute atomic E-state index is 0. The zero-order valence-electron chi connectivity index (χ0n) is 10.8. The van der Waals surface area contributed by atoms with E-state index in [2.05, 4.69) is 0 Å². The molecular weight excluding hydrogens is 269 g/mol. The lowest BCUT2D eigenvalue weighted by atomic mass is 10.1. The third-order valence-corrected chi connectivity index (χ3v) is 2.32. The predicted octanol–water partition coefficient (Wildman–Crippen LogP) is 2.73. The van der Waals surface area contributed by atoms with E-state index in [0.717, 1.165) is 11.3 Å². The molecule has 0 aromatic rings. The van der Waals surface area contributed by atoms with Gasteiger partial charge < -0.3 is 10.6 Å². The molecule has 0 aliphatic heterocycles. The molecule has 110 valence electrons. The minimum Gasteiger partial charge on any atom is -0.334 e. The average molecular weight is 291 g/mol. The van der Waals surface area contributed by atoms with Crippen LogP contribution < -0.4 is 5.73 Å². The second kappa shape index (κ2) is 9.44. The zero-order valence-corrected chi connectivity index (χ0v) is 11.6. The number of hydrogen-bond acceptors (Lipinski definition) is 2. The summed E-state index contributed by atoms with van der Waals surface area (Å²) >= 11 is 0. The first-order valence-electron chi connectivity index (χ1n) is 5.86. The van der Waals surface area contributed by atoms with Gasteiger partial charge in [-0.05, 0) is 19.8 Å². The second-order valence-electron chi connectivity index (χ2n) is 4.30. The van der Waals surface area contributed by atoms with Gasteiger partial charge in [0, 0.05) is 19.0 Å². The van der Waals surface area contributed by atoms with Gasteiger partial charge in [-0.2, -0.15) is 13.2 Å². The van der Waals surface area contributed by atoms with Crippen molar-refractivity contribution >= 4 is 18.3 Å². The van der Waals surface area contributed by atoms with E-state index in [9.17, 15) is 18.0 Å². The van der Waals surface area contributed by atoms with Crippen molar-refractivity contribution in [1.29, 1.82) is 0 Å². The molecule has 1 unspecified atom stereocenters. The van der Waals surface area contributed by atoms with Gasteiger partial charge in [0.2, 0.25) is 5.91 Å².